The second-order valence-electron chi connectivity index (χ2n) is 3.87. The molecule has 102 valence electrons. The summed E-state index contributed by atoms with van der Waals surface area (Å²) in [4.78, 5) is -0.748. The number of benzene rings is 1. The van der Waals surface area contributed by atoms with Crippen molar-refractivity contribution in [2.45, 2.75) is 24.8 Å². The van der Waals surface area contributed by atoms with Gasteiger partial charge in [0, 0.05) is 13.6 Å². The van der Waals surface area contributed by atoms with E-state index in [-0.39, 0.29) is 12.1 Å². The van der Waals surface area contributed by atoms with Crippen molar-refractivity contribution >= 4 is 10.0 Å². The zero-order valence-corrected chi connectivity index (χ0v) is 11.0. The van der Waals surface area contributed by atoms with Crippen molar-refractivity contribution in [3.63, 3.8) is 0 Å². The van der Waals surface area contributed by atoms with Gasteiger partial charge in [0.1, 0.15) is 4.90 Å². The molecular formula is C11H15F2NO3S. The summed E-state index contributed by atoms with van der Waals surface area (Å²) in [5.74, 6) is -2.71. The molecule has 7 heteroatoms. The van der Waals surface area contributed by atoms with Gasteiger partial charge in [-0.1, -0.05) is 6.92 Å². The Morgan fingerprint density at radius 3 is 2.44 bits per heavy atom. The lowest BCUT2D eigenvalue weighted by atomic mass is 10.2. The predicted octanol–water partition coefficient (Wildman–Crippen LogP) is 1.49. The molecule has 4 nitrogen and oxygen atoms in total. The summed E-state index contributed by atoms with van der Waals surface area (Å²) >= 11 is 0. The first kappa shape index (κ1) is 15.0. The number of aliphatic hydroxyl groups is 1. The Bertz CT molecular complexity index is 531. The summed E-state index contributed by atoms with van der Waals surface area (Å²) in [6, 6.07) is 1.72. The van der Waals surface area contributed by atoms with Gasteiger partial charge in [0.15, 0.2) is 11.6 Å². The van der Waals surface area contributed by atoms with Crippen molar-refractivity contribution in [1.82, 2.24) is 4.31 Å². The minimum absolute atomic E-state index is 0.0115. The Morgan fingerprint density at radius 2 is 1.94 bits per heavy atom. The lowest BCUT2D eigenvalue weighted by Gasteiger charge is -2.17. The molecule has 0 unspecified atom stereocenters. The fourth-order valence-electron chi connectivity index (χ4n) is 1.50. The van der Waals surface area contributed by atoms with Gasteiger partial charge in [0.2, 0.25) is 10.0 Å². The van der Waals surface area contributed by atoms with E-state index in [9.17, 15) is 17.2 Å². The normalized spacial score (nSPS) is 12.1. The smallest absolute Gasteiger partial charge is 0.245 e. The van der Waals surface area contributed by atoms with Gasteiger partial charge in [-0.15, -0.1) is 0 Å². The molecule has 0 atom stereocenters. The highest BCUT2D eigenvalue weighted by Gasteiger charge is 2.26. The molecule has 0 saturated heterocycles. The summed E-state index contributed by atoms with van der Waals surface area (Å²) in [6.45, 7) is 1.41. The van der Waals surface area contributed by atoms with Crippen LogP contribution in [0.15, 0.2) is 17.0 Å². The van der Waals surface area contributed by atoms with Crippen LogP contribution < -0.4 is 0 Å². The molecule has 0 aliphatic rings. The van der Waals surface area contributed by atoms with Crippen molar-refractivity contribution in [3.8, 4) is 0 Å². The first-order chi connectivity index (χ1) is 8.34. The standard InChI is InChI=1S/C11H15F2NO3S/c1-3-4-14(2)18(16,17)10-6-8(7-15)5-9(12)11(10)13/h5-6,15H,3-4,7H2,1-2H3. The van der Waals surface area contributed by atoms with Gasteiger partial charge >= 0.3 is 0 Å². The van der Waals surface area contributed by atoms with Gasteiger partial charge in [-0.25, -0.2) is 21.5 Å². The average molecular weight is 279 g/mol. The van der Waals surface area contributed by atoms with Gasteiger partial charge in [-0.05, 0) is 24.1 Å². The first-order valence-electron chi connectivity index (χ1n) is 5.39. The molecule has 18 heavy (non-hydrogen) atoms. The van der Waals surface area contributed by atoms with Crippen LogP contribution in [0.5, 0.6) is 0 Å². The van der Waals surface area contributed by atoms with Crippen LogP contribution in [0, 0.1) is 11.6 Å². The summed E-state index contributed by atoms with van der Waals surface area (Å²) < 4.78 is 51.7. The van der Waals surface area contributed by atoms with Crippen molar-refractivity contribution in [2.75, 3.05) is 13.6 Å². The van der Waals surface area contributed by atoms with E-state index < -0.39 is 33.2 Å². The Balaban J connectivity index is 3.36. The first-order valence-corrected chi connectivity index (χ1v) is 6.83. The predicted molar refractivity (Wildman–Crippen MR) is 62.4 cm³/mol. The van der Waals surface area contributed by atoms with Crippen LogP contribution in [-0.2, 0) is 16.6 Å². The molecule has 0 radical (unpaired) electrons. The third-order valence-electron chi connectivity index (χ3n) is 2.46. The van der Waals surface area contributed by atoms with Crippen molar-refractivity contribution in [3.05, 3.63) is 29.3 Å². The number of aliphatic hydroxyl groups excluding tert-OH is 1. The van der Waals surface area contributed by atoms with E-state index in [2.05, 4.69) is 0 Å². The SMILES string of the molecule is CCCN(C)S(=O)(=O)c1cc(CO)cc(F)c1F. The van der Waals surface area contributed by atoms with E-state index in [0.717, 1.165) is 16.4 Å². The second-order valence-corrected chi connectivity index (χ2v) is 5.89. The quantitative estimate of drug-likeness (QED) is 0.888. The molecule has 0 fully saturated rings. The molecule has 0 heterocycles. The number of nitrogens with zero attached hydrogens (tertiary/aromatic N) is 1. The average Bonchev–Trinajstić information content (AvgIpc) is 2.32. The van der Waals surface area contributed by atoms with Gasteiger partial charge < -0.3 is 5.11 Å². The van der Waals surface area contributed by atoms with Gasteiger partial charge in [-0.3, -0.25) is 0 Å². The van der Waals surface area contributed by atoms with Crippen molar-refractivity contribution < 1.29 is 22.3 Å². The molecule has 1 aromatic rings. The van der Waals surface area contributed by atoms with Crippen LogP contribution in [0.4, 0.5) is 8.78 Å². The molecule has 0 aromatic heterocycles. The lowest BCUT2D eigenvalue weighted by molar-refractivity contribution is 0.280. The van der Waals surface area contributed by atoms with E-state index in [4.69, 9.17) is 5.11 Å². The third kappa shape index (κ3) is 2.85. The topological polar surface area (TPSA) is 57.6 Å². The van der Waals surface area contributed by atoms with Gasteiger partial charge in [0.25, 0.3) is 0 Å². The maximum absolute atomic E-state index is 13.6. The number of hydrogen-bond acceptors (Lipinski definition) is 3. The minimum Gasteiger partial charge on any atom is -0.392 e. The highest BCUT2D eigenvalue weighted by atomic mass is 32.2. The molecule has 0 bridgehead atoms. The van der Waals surface area contributed by atoms with Crippen LogP contribution in [0.25, 0.3) is 0 Å². The summed E-state index contributed by atoms with van der Waals surface area (Å²) in [6.07, 6.45) is 0.555. The van der Waals surface area contributed by atoms with Crippen LogP contribution in [-0.4, -0.2) is 31.4 Å². The molecule has 0 aliphatic carbocycles. The van der Waals surface area contributed by atoms with Crippen LogP contribution in [0.1, 0.15) is 18.9 Å². The second kappa shape index (κ2) is 5.73. The summed E-state index contributed by atoms with van der Waals surface area (Å²) in [5, 5.41) is 8.89. The monoisotopic (exact) mass is 279 g/mol. The van der Waals surface area contributed by atoms with Gasteiger partial charge in [-0.2, -0.15) is 0 Å². The number of halogens is 2. The molecule has 0 aliphatic heterocycles. The van der Waals surface area contributed by atoms with Crippen molar-refractivity contribution in [1.29, 1.82) is 0 Å². The third-order valence-corrected chi connectivity index (χ3v) is 4.32. The van der Waals surface area contributed by atoms with E-state index in [1.165, 1.54) is 7.05 Å². The Labute approximate surface area is 105 Å². The maximum atomic E-state index is 13.6. The summed E-state index contributed by atoms with van der Waals surface area (Å²) in [5.41, 5.74) is 0.0115. The Hall–Kier alpha value is -1.05. The fraction of sp³-hybridized carbons (Fsp3) is 0.455. The Morgan fingerprint density at radius 1 is 1.33 bits per heavy atom. The Kier molecular flexibility index (Phi) is 4.78. The molecule has 1 N–H and O–H groups in total. The molecule has 0 saturated carbocycles. The minimum atomic E-state index is -4.08. The van der Waals surface area contributed by atoms with Gasteiger partial charge in [0.05, 0.1) is 6.61 Å². The number of rotatable bonds is 5. The van der Waals surface area contributed by atoms with E-state index in [1.807, 2.05) is 0 Å². The number of sulfonamides is 1. The van der Waals surface area contributed by atoms with E-state index >= 15 is 0 Å². The van der Waals surface area contributed by atoms with E-state index in [0.29, 0.717) is 6.42 Å². The molecular weight excluding hydrogens is 264 g/mol. The zero-order chi connectivity index (χ0) is 13.9. The van der Waals surface area contributed by atoms with Crippen LogP contribution in [0.2, 0.25) is 0 Å². The zero-order valence-electron chi connectivity index (χ0n) is 10.2. The van der Waals surface area contributed by atoms with E-state index in [1.54, 1.807) is 6.92 Å². The van der Waals surface area contributed by atoms with Crippen LogP contribution >= 0.6 is 0 Å². The lowest BCUT2D eigenvalue weighted by Crippen LogP contribution is -2.28. The fourth-order valence-corrected chi connectivity index (χ4v) is 2.88. The van der Waals surface area contributed by atoms with Crippen molar-refractivity contribution in [2.24, 2.45) is 0 Å². The maximum Gasteiger partial charge on any atom is 0.245 e. The molecule has 0 spiro atoms. The highest BCUT2D eigenvalue weighted by Crippen LogP contribution is 2.22. The van der Waals surface area contributed by atoms with Crippen LogP contribution in [0.3, 0.4) is 0 Å². The summed E-state index contributed by atoms with van der Waals surface area (Å²) in [7, 11) is -2.79. The number of hydrogen-bond donors (Lipinski definition) is 1. The largest absolute Gasteiger partial charge is 0.392 e. The molecule has 1 rings (SSSR count). The highest BCUT2D eigenvalue weighted by molar-refractivity contribution is 7.89. The molecule has 0 amide bonds. The molecule has 1 aromatic carbocycles.